The summed E-state index contributed by atoms with van der Waals surface area (Å²) in [5, 5.41) is 0. The second kappa shape index (κ2) is 4.36. The molecule has 1 aromatic carbocycles. The maximum Gasteiger partial charge on any atom is 0.175 e. The van der Waals surface area contributed by atoms with Crippen molar-refractivity contribution < 1.29 is 8.42 Å². The van der Waals surface area contributed by atoms with E-state index in [1.165, 1.54) is 6.26 Å². The summed E-state index contributed by atoms with van der Waals surface area (Å²) in [5.74, 6) is 0.837. The Balaban J connectivity index is 3.17. The van der Waals surface area contributed by atoms with E-state index in [0.717, 1.165) is 11.3 Å². The van der Waals surface area contributed by atoms with Gasteiger partial charge in [0.15, 0.2) is 9.84 Å². The van der Waals surface area contributed by atoms with Crippen LogP contribution in [0.3, 0.4) is 0 Å². The maximum absolute atomic E-state index is 11.4. The molecule has 0 amide bonds. The summed E-state index contributed by atoms with van der Waals surface area (Å²) >= 11 is 0. The van der Waals surface area contributed by atoms with E-state index in [-0.39, 0.29) is 10.9 Å². The number of benzene rings is 1. The molecule has 14 heavy (non-hydrogen) atoms. The van der Waals surface area contributed by atoms with E-state index in [4.69, 9.17) is 0 Å². The van der Waals surface area contributed by atoms with Crippen molar-refractivity contribution in [3.8, 4) is 0 Å². The fraction of sp³-hybridized carbons (Fsp3) is 0.400. The average Bonchev–Trinajstić information content (AvgIpc) is 2.01. The Bertz CT molecular complexity index is 408. The Labute approximate surface area is 88.6 Å². The van der Waals surface area contributed by atoms with Crippen LogP contribution in [-0.4, -0.2) is 27.2 Å². The van der Waals surface area contributed by atoms with Crippen LogP contribution in [0.25, 0.3) is 0 Å². The minimum absolute atomic E-state index is 0.224. The Morgan fingerprint density at radius 2 is 1.79 bits per heavy atom. The average molecular weight is 231 g/mol. The van der Waals surface area contributed by atoms with Gasteiger partial charge in [-0.15, -0.1) is 0 Å². The SMILES string of the molecule is C[S+](C)Cc1ccccc1S(C)(=O)=O. The smallest absolute Gasteiger partial charge is 0.175 e. The van der Waals surface area contributed by atoms with Gasteiger partial charge in [-0.25, -0.2) is 8.42 Å². The standard InChI is InChI=1S/C10H15O2S2/c1-13(2)8-9-6-4-5-7-10(9)14(3,11)12/h4-7H,8H2,1-3H3/q+1. The van der Waals surface area contributed by atoms with Gasteiger partial charge in [-0.2, -0.15) is 0 Å². The molecule has 0 heterocycles. The highest BCUT2D eigenvalue weighted by Gasteiger charge is 2.16. The molecule has 0 aliphatic heterocycles. The molecule has 0 aliphatic rings. The first-order chi connectivity index (χ1) is 6.41. The first kappa shape index (κ1) is 11.6. The van der Waals surface area contributed by atoms with Crippen molar-refractivity contribution in [3.05, 3.63) is 29.8 Å². The maximum atomic E-state index is 11.4. The summed E-state index contributed by atoms with van der Waals surface area (Å²) < 4.78 is 22.9. The van der Waals surface area contributed by atoms with E-state index < -0.39 is 9.84 Å². The monoisotopic (exact) mass is 231 g/mol. The zero-order chi connectivity index (χ0) is 10.8. The van der Waals surface area contributed by atoms with Crippen molar-refractivity contribution in [1.29, 1.82) is 0 Å². The lowest BCUT2D eigenvalue weighted by atomic mass is 10.2. The first-order valence-electron chi connectivity index (χ1n) is 4.23. The molecular formula is C10H15O2S2+. The summed E-state index contributed by atoms with van der Waals surface area (Å²) in [7, 11) is -2.85. The van der Waals surface area contributed by atoms with Gasteiger partial charge < -0.3 is 0 Å². The van der Waals surface area contributed by atoms with E-state index in [1.54, 1.807) is 12.1 Å². The molecule has 78 valence electrons. The second-order valence-electron chi connectivity index (χ2n) is 3.51. The molecular weight excluding hydrogens is 216 g/mol. The molecule has 0 atom stereocenters. The second-order valence-corrected chi connectivity index (χ2v) is 7.75. The highest BCUT2D eigenvalue weighted by Crippen LogP contribution is 2.17. The van der Waals surface area contributed by atoms with Crippen molar-refractivity contribution in [1.82, 2.24) is 0 Å². The van der Waals surface area contributed by atoms with Crippen LogP contribution in [0.2, 0.25) is 0 Å². The molecule has 0 aromatic heterocycles. The molecule has 0 spiro atoms. The summed E-state index contributed by atoms with van der Waals surface area (Å²) in [6, 6.07) is 7.22. The number of hydrogen-bond acceptors (Lipinski definition) is 2. The molecule has 2 nitrogen and oxygen atoms in total. The molecule has 0 saturated heterocycles. The lowest BCUT2D eigenvalue weighted by Crippen LogP contribution is -2.06. The van der Waals surface area contributed by atoms with Crippen molar-refractivity contribution in [2.45, 2.75) is 10.6 Å². The minimum atomic E-state index is -3.07. The summed E-state index contributed by atoms with van der Waals surface area (Å²) in [6.45, 7) is 0. The molecule has 0 radical (unpaired) electrons. The summed E-state index contributed by atoms with van der Waals surface area (Å²) in [6.07, 6.45) is 5.48. The Hall–Kier alpha value is -0.480. The predicted molar refractivity (Wildman–Crippen MR) is 62.5 cm³/mol. The van der Waals surface area contributed by atoms with Gasteiger partial charge >= 0.3 is 0 Å². The van der Waals surface area contributed by atoms with Crippen molar-refractivity contribution in [3.63, 3.8) is 0 Å². The molecule has 4 heteroatoms. The van der Waals surface area contributed by atoms with Gasteiger partial charge in [0, 0.05) is 11.8 Å². The fourth-order valence-electron chi connectivity index (χ4n) is 1.30. The van der Waals surface area contributed by atoms with Crippen LogP contribution in [-0.2, 0) is 26.5 Å². The zero-order valence-electron chi connectivity index (χ0n) is 8.65. The topological polar surface area (TPSA) is 34.1 Å². The van der Waals surface area contributed by atoms with E-state index >= 15 is 0 Å². The number of sulfone groups is 1. The van der Waals surface area contributed by atoms with Crippen LogP contribution < -0.4 is 0 Å². The lowest BCUT2D eigenvalue weighted by Gasteiger charge is -2.05. The third-order valence-electron chi connectivity index (χ3n) is 1.82. The van der Waals surface area contributed by atoms with Crippen molar-refractivity contribution in [2.24, 2.45) is 0 Å². The quantitative estimate of drug-likeness (QED) is 0.738. The van der Waals surface area contributed by atoms with Crippen LogP contribution in [0.1, 0.15) is 5.56 Å². The lowest BCUT2D eigenvalue weighted by molar-refractivity contribution is 0.601. The van der Waals surface area contributed by atoms with E-state index in [2.05, 4.69) is 12.5 Å². The Morgan fingerprint density at radius 1 is 1.21 bits per heavy atom. The molecule has 0 saturated carbocycles. The van der Waals surface area contributed by atoms with Crippen molar-refractivity contribution in [2.75, 3.05) is 18.8 Å². The number of rotatable bonds is 3. The molecule has 1 aromatic rings. The van der Waals surface area contributed by atoms with Gasteiger partial charge in [0.05, 0.1) is 17.4 Å². The van der Waals surface area contributed by atoms with Gasteiger partial charge in [0.25, 0.3) is 0 Å². The largest absolute Gasteiger partial charge is 0.224 e. The molecule has 0 aliphatic carbocycles. The van der Waals surface area contributed by atoms with Crippen LogP contribution in [0, 0.1) is 0 Å². The van der Waals surface area contributed by atoms with E-state index in [9.17, 15) is 8.42 Å². The summed E-state index contributed by atoms with van der Waals surface area (Å²) in [4.78, 5) is 0.473. The highest BCUT2D eigenvalue weighted by molar-refractivity contribution is 7.94. The van der Waals surface area contributed by atoms with Crippen LogP contribution in [0.5, 0.6) is 0 Å². The third-order valence-corrected chi connectivity index (χ3v) is 3.90. The first-order valence-corrected chi connectivity index (χ1v) is 8.33. The molecule has 0 fully saturated rings. The zero-order valence-corrected chi connectivity index (χ0v) is 10.3. The van der Waals surface area contributed by atoms with Gasteiger partial charge in [-0.3, -0.25) is 0 Å². The highest BCUT2D eigenvalue weighted by atomic mass is 32.2. The van der Waals surface area contributed by atoms with Crippen LogP contribution >= 0.6 is 0 Å². The van der Waals surface area contributed by atoms with Crippen LogP contribution in [0.15, 0.2) is 29.2 Å². The molecule has 0 bridgehead atoms. The normalized spacial score (nSPS) is 12.0. The Kier molecular flexibility index (Phi) is 3.61. The fourth-order valence-corrected chi connectivity index (χ4v) is 3.20. The van der Waals surface area contributed by atoms with Gasteiger partial charge in [-0.1, -0.05) is 18.2 Å². The summed E-state index contributed by atoms with van der Waals surface area (Å²) in [5.41, 5.74) is 0.934. The third kappa shape index (κ3) is 3.03. The van der Waals surface area contributed by atoms with Crippen LogP contribution in [0.4, 0.5) is 0 Å². The number of hydrogen-bond donors (Lipinski definition) is 0. The van der Waals surface area contributed by atoms with E-state index in [0.29, 0.717) is 4.90 Å². The molecule has 0 unspecified atom stereocenters. The van der Waals surface area contributed by atoms with Crippen molar-refractivity contribution >= 4 is 20.7 Å². The molecule has 1 rings (SSSR count). The Morgan fingerprint density at radius 3 is 2.29 bits per heavy atom. The van der Waals surface area contributed by atoms with Gasteiger partial charge in [0.2, 0.25) is 0 Å². The predicted octanol–water partition coefficient (Wildman–Crippen LogP) is 1.47. The van der Waals surface area contributed by atoms with E-state index in [1.807, 2.05) is 12.1 Å². The van der Waals surface area contributed by atoms with Gasteiger partial charge in [0.1, 0.15) is 5.75 Å². The minimum Gasteiger partial charge on any atom is -0.224 e. The van der Waals surface area contributed by atoms with Gasteiger partial charge in [-0.05, 0) is 17.0 Å². The molecule has 0 N–H and O–H groups in total.